The van der Waals surface area contributed by atoms with Crippen LogP contribution < -0.4 is 10.6 Å². The van der Waals surface area contributed by atoms with Gasteiger partial charge in [-0.2, -0.15) is 0 Å². The molecule has 126 valence electrons. The van der Waals surface area contributed by atoms with E-state index in [0.717, 1.165) is 25.6 Å². The van der Waals surface area contributed by atoms with Crippen molar-refractivity contribution < 1.29 is 4.79 Å². The number of nitrogens with zero attached hydrogens (tertiary/aromatic N) is 1. The highest BCUT2D eigenvalue weighted by Crippen LogP contribution is 2.32. The van der Waals surface area contributed by atoms with Gasteiger partial charge in [-0.25, -0.2) is 0 Å². The van der Waals surface area contributed by atoms with Crippen LogP contribution in [0.15, 0.2) is 0 Å². The fourth-order valence-electron chi connectivity index (χ4n) is 4.83. The third-order valence-corrected chi connectivity index (χ3v) is 5.99. The Morgan fingerprint density at radius 2 is 1.95 bits per heavy atom. The first-order chi connectivity index (χ1) is 10.7. The Labute approximate surface area is 135 Å². The average molecular weight is 307 g/mol. The fraction of sp³-hybridized carbons (Fsp3) is 0.944. The number of hydrogen-bond acceptors (Lipinski definition) is 3. The molecule has 0 spiro atoms. The standard InChI is InChI=1S/C18H33N3O/c1-2-17-5-3-4-9-21(17)10-8-19-18(22)13-14-11-15-6-7-16(12-14)20-15/h14-17,20H,2-13H2,1H3,(H,19,22). The zero-order chi connectivity index (χ0) is 15.4. The zero-order valence-electron chi connectivity index (χ0n) is 14.2. The van der Waals surface area contributed by atoms with Crippen LogP contribution in [0, 0.1) is 5.92 Å². The van der Waals surface area contributed by atoms with Gasteiger partial charge in [0.15, 0.2) is 0 Å². The smallest absolute Gasteiger partial charge is 0.220 e. The topological polar surface area (TPSA) is 44.4 Å². The summed E-state index contributed by atoms with van der Waals surface area (Å²) in [5.41, 5.74) is 0. The minimum absolute atomic E-state index is 0.274. The molecule has 22 heavy (non-hydrogen) atoms. The summed E-state index contributed by atoms with van der Waals surface area (Å²) in [5, 5.41) is 6.82. The molecule has 3 saturated heterocycles. The molecule has 3 aliphatic rings. The van der Waals surface area contributed by atoms with Crippen LogP contribution in [0.25, 0.3) is 0 Å². The molecule has 0 saturated carbocycles. The van der Waals surface area contributed by atoms with Crippen molar-refractivity contribution in [3.63, 3.8) is 0 Å². The average Bonchev–Trinajstić information content (AvgIpc) is 2.86. The first-order valence-corrected chi connectivity index (χ1v) is 9.51. The first kappa shape index (κ1) is 16.3. The molecular formula is C18H33N3O. The number of hydrogen-bond donors (Lipinski definition) is 2. The van der Waals surface area contributed by atoms with E-state index in [-0.39, 0.29) is 5.91 Å². The molecule has 3 aliphatic heterocycles. The van der Waals surface area contributed by atoms with Crippen LogP contribution >= 0.6 is 0 Å². The van der Waals surface area contributed by atoms with E-state index >= 15 is 0 Å². The second kappa shape index (κ2) is 7.78. The van der Waals surface area contributed by atoms with Gasteiger partial charge in [-0.15, -0.1) is 0 Å². The van der Waals surface area contributed by atoms with Gasteiger partial charge in [-0.1, -0.05) is 13.3 Å². The molecule has 3 heterocycles. The van der Waals surface area contributed by atoms with Crippen molar-refractivity contribution in [1.82, 2.24) is 15.5 Å². The molecule has 1 amide bonds. The summed E-state index contributed by atoms with van der Waals surface area (Å²) < 4.78 is 0. The maximum absolute atomic E-state index is 12.2. The van der Waals surface area contributed by atoms with Crippen molar-refractivity contribution in [2.75, 3.05) is 19.6 Å². The Morgan fingerprint density at radius 1 is 1.18 bits per heavy atom. The number of fused-ring (bicyclic) bond motifs is 2. The van der Waals surface area contributed by atoms with Crippen LogP contribution in [0.4, 0.5) is 0 Å². The molecule has 0 aromatic heterocycles. The van der Waals surface area contributed by atoms with Crippen LogP contribution in [0.5, 0.6) is 0 Å². The molecule has 3 fully saturated rings. The van der Waals surface area contributed by atoms with E-state index in [1.807, 2.05) is 0 Å². The van der Waals surface area contributed by atoms with Crippen LogP contribution in [0.3, 0.4) is 0 Å². The van der Waals surface area contributed by atoms with E-state index < -0.39 is 0 Å². The second-order valence-corrected chi connectivity index (χ2v) is 7.62. The van der Waals surface area contributed by atoms with Crippen molar-refractivity contribution in [2.45, 2.75) is 82.8 Å². The molecule has 2 bridgehead atoms. The van der Waals surface area contributed by atoms with Gasteiger partial charge < -0.3 is 10.6 Å². The molecule has 3 rings (SSSR count). The van der Waals surface area contributed by atoms with Gasteiger partial charge >= 0.3 is 0 Å². The number of likely N-dealkylation sites (tertiary alicyclic amines) is 1. The third-order valence-electron chi connectivity index (χ3n) is 5.99. The Balaban J connectivity index is 1.34. The molecule has 3 unspecified atom stereocenters. The molecule has 0 radical (unpaired) electrons. The molecule has 0 aliphatic carbocycles. The molecule has 3 atom stereocenters. The normalized spacial score (nSPS) is 35.5. The summed E-state index contributed by atoms with van der Waals surface area (Å²) >= 11 is 0. The second-order valence-electron chi connectivity index (χ2n) is 7.62. The van der Waals surface area contributed by atoms with Crippen LogP contribution in [0.2, 0.25) is 0 Å². The lowest BCUT2D eigenvalue weighted by Gasteiger charge is -2.35. The SMILES string of the molecule is CCC1CCCCN1CCNC(=O)CC1CC2CCC(C1)N2. The number of carbonyl (C=O) groups is 1. The summed E-state index contributed by atoms with van der Waals surface area (Å²) in [6.07, 6.45) is 11.1. The van der Waals surface area contributed by atoms with Gasteiger partial charge in [0.2, 0.25) is 5.91 Å². The molecule has 2 N–H and O–H groups in total. The number of carbonyl (C=O) groups excluding carboxylic acids is 1. The highest BCUT2D eigenvalue weighted by Gasteiger charge is 2.34. The lowest BCUT2D eigenvalue weighted by molar-refractivity contribution is -0.122. The van der Waals surface area contributed by atoms with E-state index in [4.69, 9.17) is 0 Å². The minimum Gasteiger partial charge on any atom is -0.355 e. The largest absolute Gasteiger partial charge is 0.355 e. The summed E-state index contributed by atoms with van der Waals surface area (Å²) in [6.45, 7) is 5.36. The molecule has 4 heteroatoms. The number of rotatable bonds is 6. The van der Waals surface area contributed by atoms with E-state index in [9.17, 15) is 4.79 Å². The van der Waals surface area contributed by atoms with Crippen LogP contribution in [-0.2, 0) is 4.79 Å². The summed E-state index contributed by atoms with van der Waals surface area (Å²) in [7, 11) is 0. The molecule has 4 nitrogen and oxygen atoms in total. The van der Waals surface area contributed by atoms with Gasteiger partial charge in [0.1, 0.15) is 0 Å². The van der Waals surface area contributed by atoms with Crippen LogP contribution in [0.1, 0.15) is 64.7 Å². The van der Waals surface area contributed by atoms with E-state index in [0.29, 0.717) is 18.0 Å². The van der Waals surface area contributed by atoms with E-state index in [1.165, 1.54) is 57.9 Å². The third kappa shape index (κ3) is 4.23. The number of nitrogens with one attached hydrogen (secondary N) is 2. The monoisotopic (exact) mass is 307 g/mol. The van der Waals surface area contributed by atoms with Gasteiger partial charge in [-0.3, -0.25) is 9.69 Å². The first-order valence-electron chi connectivity index (χ1n) is 9.51. The molecule has 0 aromatic rings. The zero-order valence-corrected chi connectivity index (χ0v) is 14.2. The quantitative estimate of drug-likeness (QED) is 0.791. The highest BCUT2D eigenvalue weighted by molar-refractivity contribution is 5.76. The van der Waals surface area contributed by atoms with Crippen molar-refractivity contribution in [2.24, 2.45) is 5.92 Å². The molecular weight excluding hydrogens is 274 g/mol. The maximum Gasteiger partial charge on any atom is 0.220 e. The lowest BCUT2D eigenvalue weighted by atomic mass is 9.89. The maximum atomic E-state index is 12.2. The van der Waals surface area contributed by atoms with E-state index in [2.05, 4.69) is 22.5 Å². The fourth-order valence-corrected chi connectivity index (χ4v) is 4.83. The van der Waals surface area contributed by atoms with Crippen molar-refractivity contribution >= 4 is 5.91 Å². The number of amides is 1. The Morgan fingerprint density at radius 3 is 2.68 bits per heavy atom. The Hall–Kier alpha value is -0.610. The minimum atomic E-state index is 0.274. The summed E-state index contributed by atoms with van der Waals surface area (Å²) in [5.74, 6) is 0.883. The summed E-state index contributed by atoms with van der Waals surface area (Å²) in [6, 6.07) is 2.12. The van der Waals surface area contributed by atoms with Gasteiger partial charge in [-0.05, 0) is 57.4 Å². The highest BCUT2D eigenvalue weighted by atomic mass is 16.1. The number of piperidine rings is 2. The molecule has 0 aromatic carbocycles. The Kier molecular flexibility index (Phi) is 5.75. The van der Waals surface area contributed by atoms with Crippen molar-refractivity contribution in [3.05, 3.63) is 0 Å². The summed E-state index contributed by atoms with van der Waals surface area (Å²) in [4.78, 5) is 14.8. The van der Waals surface area contributed by atoms with Gasteiger partial charge in [0.25, 0.3) is 0 Å². The lowest BCUT2D eigenvalue weighted by Crippen LogP contribution is -2.44. The Bertz CT molecular complexity index is 361. The van der Waals surface area contributed by atoms with Crippen LogP contribution in [-0.4, -0.2) is 48.6 Å². The predicted octanol–water partition coefficient (Wildman–Crippen LogP) is 2.29. The van der Waals surface area contributed by atoms with Gasteiger partial charge in [0.05, 0.1) is 0 Å². The van der Waals surface area contributed by atoms with Gasteiger partial charge in [0, 0.05) is 37.6 Å². The van der Waals surface area contributed by atoms with E-state index in [1.54, 1.807) is 0 Å². The van der Waals surface area contributed by atoms with Crippen molar-refractivity contribution in [3.8, 4) is 0 Å². The predicted molar refractivity (Wildman–Crippen MR) is 89.8 cm³/mol. The van der Waals surface area contributed by atoms with Crippen molar-refractivity contribution in [1.29, 1.82) is 0 Å².